The third kappa shape index (κ3) is 2.93. The van der Waals surface area contributed by atoms with E-state index in [0.29, 0.717) is 19.6 Å². The molecule has 1 aromatic carbocycles. The summed E-state index contributed by atoms with van der Waals surface area (Å²) in [6, 6.07) is 4.77. The van der Waals surface area contributed by atoms with Crippen LogP contribution >= 0.6 is 0 Å². The summed E-state index contributed by atoms with van der Waals surface area (Å²) in [5.74, 6) is -0.603. The van der Waals surface area contributed by atoms with Crippen LogP contribution in [0.1, 0.15) is 12.0 Å². The van der Waals surface area contributed by atoms with Gasteiger partial charge in [-0.05, 0) is 37.6 Å². The summed E-state index contributed by atoms with van der Waals surface area (Å²) < 4.78 is 18.9. The highest BCUT2D eigenvalue weighted by Gasteiger charge is 2.41. The molecule has 0 radical (unpaired) electrons. The Kier molecular flexibility index (Phi) is 4.17. The Morgan fingerprint density at radius 3 is 2.95 bits per heavy atom. The predicted molar refractivity (Wildman–Crippen MR) is 71.6 cm³/mol. The fourth-order valence-corrected chi connectivity index (χ4v) is 2.38. The quantitative estimate of drug-likeness (QED) is 0.872. The van der Waals surface area contributed by atoms with Gasteiger partial charge in [-0.1, -0.05) is 6.07 Å². The van der Waals surface area contributed by atoms with E-state index in [0.717, 1.165) is 12.1 Å². The fraction of sp³-hybridized carbons (Fsp3) is 0.500. The van der Waals surface area contributed by atoms with E-state index in [4.69, 9.17) is 4.74 Å². The first-order valence-electron chi connectivity index (χ1n) is 6.35. The van der Waals surface area contributed by atoms with E-state index < -0.39 is 11.2 Å². The summed E-state index contributed by atoms with van der Waals surface area (Å²) in [6.07, 6.45) is 0.695. The van der Waals surface area contributed by atoms with E-state index in [2.05, 4.69) is 10.6 Å². The Labute approximate surface area is 112 Å². The number of benzene rings is 1. The molecule has 1 atom stereocenters. The third-order valence-corrected chi connectivity index (χ3v) is 3.52. The topological polar surface area (TPSA) is 50.4 Å². The van der Waals surface area contributed by atoms with Gasteiger partial charge in [-0.2, -0.15) is 0 Å². The van der Waals surface area contributed by atoms with Crippen LogP contribution < -0.4 is 10.6 Å². The van der Waals surface area contributed by atoms with Gasteiger partial charge in [-0.15, -0.1) is 0 Å². The molecule has 1 amide bonds. The lowest BCUT2D eigenvalue weighted by Gasteiger charge is -2.26. The van der Waals surface area contributed by atoms with Crippen LogP contribution in [0.5, 0.6) is 0 Å². The molecule has 1 fully saturated rings. The van der Waals surface area contributed by atoms with Gasteiger partial charge in [0.05, 0.1) is 17.7 Å². The van der Waals surface area contributed by atoms with Gasteiger partial charge in [-0.3, -0.25) is 4.79 Å². The Bertz CT molecular complexity index is 471. The van der Waals surface area contributed by atoms with Crippen molar-refractivity contribution < 1.29 is 13.9 Å². The van der Waals surface area contributed by atoms with Crippen LogP contribution in [0.25, 0.3) is 0 Å². The monoisotopic (exact) mass is 266 g/mol. The van der Waals surface area contributed by atoms with E-state index in [1.165, 1.54) is 6.07 Å². The molecule has 2 N–H and O–H groups in total. The molecule has 0 spiro atoms. The van der Waals surface area contributed by atoms with Crippen molar-refractivity contribution in [3.63, 3.8) is 0 Å². The lowest BCUT2D eigenvalue weighted by atomic mass is 9.87. The number of rotatable bonds is 4. The van der Waals surface area contributed by atoms with Gasteiger partial charge < -0.3 is 15.4 Å². The van der Waals surface area contributed by atoms with Crippen LogP contribution in [-0.2, 0) is 9.53 Å². The molecule has 104 valence electrons. The molecule has 0 bridgehead atoms. The molecular weight excluding hydrogens is 247 g/mol. The van der Waals surface area contributed by atoms with Gasteiger partial charge >= 0.3 is 0 Å². The maximum atomic E-state index is 13.7. The average Bonchev–Trinajstić information content (AvgIpc) is 2.83. The summed E-state index contributed by atoms with van der Waals surface area (Å²) in [5.41, 5.74) is 0.439. The van der Waals surface area contributed by atoms with Crippen LogP contribution in [0, 0.1) is 18.2 Å². The molecule has 2 rings (SSSR count). The fourth-order valence-electron chi connectivity index (χ4n) is 2.38. The van der Waals surface area contributed by atoms with Crippen molar-refractivity contribution in [2.45, 2.75) is 13.3 Å². The zero-order valence-electron chi connectivity index (χ0n) is 11.3. The van der Waals surface area contributed by atoms with Crippen molar-refractivity contribution in [3.8, 4) is 0 Å². The first-order valence-corrected chi connectivity index (χ1v) is 6.35. The predicted octanol–water partition coefficient (Wildman–Crippen LogP) is 1.70. The number of ether oxygens (including phenoxy) is 1. The average molecular weight is 266 g/mol. The maximum absolute atomic E-state index is 13.7. The largest absolute Gasteiger partial charge is 0.384 e. The molecule has 0 aliphatic carbocycles. The summed E-state index contributed by atoms with van der Waals surface area (Å²) in [7, 11) is 1.57. The smallest absolute Gasteiger partial charge is 0.234 e. The number of carbonyl (C=O) groups excluding carboxylic acids is 1. The Hall–Kier alpha value is -1.46. The van der Waals surface area contributed by atoms with Gasteiger partial charge in [0, 0.05) is 13.7 Å². The zero-order chi connectivity index (χ0) is 13.9. The second-order valence-corrected chi connectivity index (χ2v) is 5.08. The molecule has 1 aliphatic rings. The highest BCUT2D eigenvalue weighted by Crippen LogP contribution is 2.28. The van der Waals surface area contributed by atoms with Crippen LogP contribution in [-0.4, -0.2) is 32.7 Å². The minimum atomic E-state index is -0.605. The van der Waals surface area contributed by atoms with Crippen molar-refractivity contribution >= 4 is 11.6 Å². The highest BCUT2D eigenvalue weighted by atomic mass is 19.1. The Morgan fingerprint density at radius 2 is 2.37 bits per heavy atom. The van der Waals surface area contributed by atoms with E-state index in [-0.39, 0.29) is 11.6 Å². The van der Waals surface area contributed by atoms with Gasteiger partial charge in [-0.25, -0.2) is 4.39 Å². The summed E-state index contributed by atoms with van der Waals surface area (Å²) in [6.45, 7) is 3.47. The van der Waals surface area contributed by atoms with Crippen LogP contribution in [0.2, 0.25) is 0 Å². The number of aryl methyl sites for hydroxylation is 1. The number of methoxy groups -OCH3 is 1. The van der Waals surface area contributed by atoms with Crippen molar-refractivity contribution in [2.75, 3.05) is 32.1 Å². The van der Waals surface area contributed by atoms with Crippen LogP contribution in [0.15, 0.2) is 18.2 Å². The van der Waals surface area contributed by atoms with E-state index in [1.807, 2.05) is 6.92 Å². The van der Waals surface area contributed by atoms with Crippen LogP contribution in [0.3, 0.4) is 0 Å². The number of hydrogen-bond donors (Lipinski definition) is 2. The van der Waals surface area contributed by atoms with E-state index >= 15 is 0 Å². The number of halogens is 1. The van der Waals surface area contributed by atoms with E-state index in [9.17, 15) is 9.18 Å². The van der Waals surface area contributed by atoms with Crippen molar-refractivity contribution in [1.29, 1.82) is 0 Å². The van der Waals surface area contributed by atoms with Gasteiger partial charge in [0.25, 0.3) is 0 Å². The zero-order valence-corrected chi connectivity index (χ0v) is 11.3. The molecule has 1 unspecified atom stereocenters. The van der Waals surface area contributed by atoms with Crippen LogP contribution in [0.4, 0.5) is 10.1 Å². The number of hydrogen-bond acceptors (Lipinski definition) is 3. The number of carbonyl (C=O) groups is 1. The lowest BCUT2D eigenvalue weighted by Crippen LogP contribution is -2.42. The molecule has 1 aromatic rings. The highest BCUT2D eigenvalue weighted by molar-refractivity contribution is 5.96. The molecule has 0 aromatic heterocycles. The van der Waals surface area contributed by atoms with Gasteiger partial charge in [0.15, 0.2) is 0 Å². The number of anilines is 1. The molecular formula is C14H19FN2O2. The molecule has 5 heteroatoms. The standard InChI is InChI=1S/C14H19FN2O2/c1-10-3-4-12(11(15)7-10)17-13(18)14(9-19-2)5-6-16-8-14/h3-4,7,16H,5-6,8-9H2,1-2H3,(H,17,18). The summed E-state index contributed by atoms with van der Waals surface area (Å²) in [5, 5.41) is 5.82. The SMILES string of the molecule is COCC1(C(=O)Nc2ccc(C)cc2F)CCNC1. The molecule has 0 saturated carbocycles. The Balaban J connectivity index is 2.15. The Morgan fingerprint density at radius 1 is 1.58 bits per heavy atom. The van der Waals surface area contributed by atoms with Crippen molar-refractivity contribution in [1.82, 2.24) is 5.32 Å². The minimum Gasteiger partial charge on any atom is -0.384 e. The second-order valence-electron chi connectivity index (χ2n) is 5.08. The first-order chi connectivity index (χ1) is 9.07. The van der Waals surface area contributed by atoms with E-state index in [1.54, 1.807) is 19.2 Å². The molecule has 4 nitrogen and oxygen atoms in total. The van der Waals surface area contributed by atoms with Gasteiger partial charge in [0.1, 0.15) is 5.82 Å². The number of amides is 1. The lowest BCUT2D eigenvalue weighted by molar-refractivity contribution is -0.127. The normalized spacial score (nSPS) is 22.5. The molecule has 19 heavy (non-hydrogen) atoms. The summed E-state index contributed by atoms with van der Waals surface area (Å²) in [4.78, 5) is 12.4. The molecule has 1 aliphatic heterocycles. The molecule has 1 saturated heterocycles. The first kappa shape index (κ1) is 14.0. The minimum absolute atomic E-state index is 0.192. The number of nitrogens with one attached hydrogen (secondary N) is 2. The molecule has 1 heterocycles. The second kappa shape index (κ2) is 5.67. The van der Waals surface area contributed by atoms with Crippen molar-refractivity contribution in [2.24, 2.45) is 5.41 Å². The van der Waals surface area contributed by atoms with Gasteiger partial charge in [0.2, 0.25) is 5.91 Å². The maximum Gasteiger partial charge on any atom is 0.234 e. The third-order valence-electron chi connectivity index (χ3n) is 3.52. The summed E-state index contributed by atoms with van der Waals surface area (Å²) >= 11 is 0. The van der Waals surface area contributed by atoms with Crippen molar-refractivity contribution in [3.05, 3.63) is 29.6 Å².